The molecule has 0 aliphatic rings. The summed E-state index contributed by atoms with van der Waals surface area (Å²) in [6, 6.07) is 27.1. The first-order valence-electron chi connectivity index (χ1n) is 9.27. The molecule has 0 radical (unpaired) electrons. The van der Waals surface area contributed by atoms with E-state index < -0.39 is 0 Å². The number of amides is 1. The lowest BCUT2D eigenvalue weighted by Gasteiger charge is -2.07. The van der Waals surface area contributed by atoms with Gasteiger partial charge >= 0.3 is 0 Å². The molecule has 3 aromatic rings. The molecular weight excluding hydrogens is 362 g/mol. The first-order chi connectivity index (χ1) is 14.2. The minimum absolute atomic E-state index is 0.111. The minimum atomic E-state index is -0.234. The second-order valence-corrected chi connectivity index (χ2v) is 6.22. The number of nitrogens with one attached hydrogen (secondary N) is 2. The van der Waals surface area contributed by atoms with Crippen LogP contribution in [0.25, 0.3) is 6.08 Å². The lowest BCUT2D eigenvalue weighted by atomic mass is 10.1. The van der Waals surface area contributed by atoms with Crippen molar-refractivity contribution in [3.63, 3.8) is 0 Å². The summed E-state index contributed by atoms with van der Waals surface area (Å²) in [5.41, 5.74) is 6.10. The van der Waals surface area contributed by atoms with Crippen molar-refractivity contribution in [2.75, 3.05) is 19.0 Å². The Bertz CT molecular complexity index is 966. The Morgan fingerprint density at radius 2 is 1.59 bits per heavy atom. The average molecular weight is 385 g/mol. The zero-order valence-electron chi connectivity index (χ0n) is 16.2. The zero-order valence-corrected chi connectivity index (χ0v) is 16.2. The molecule has 29 heavy (non-hydrogen) atoms. The third-order valence-corrected chi connectivity index (χ3v) is 4.15. The molecule has 1 amide bonds. The van der Waals surface area contributed by atoms with Crippen molar-refractivity contribution in [3.8, 4) is 5.75 Å². The van der Waals surface area contributed by atoms with E-state index in [1.54, 1.807) is 7.11 Å². The summed E-state index contributed by atoms with van der Waals surface area (Å²) in [4.78, 5) is 12.2. The van der Waals surface area contributed by atoms with Gasteiger partial charge in [0.15, 0.2) is 0 Å². The maximum absolute atomic E-state index is 12.2. The maximum atomic E-state index is 12.2. The summed E-state index contributed by atoms with van der Waals surface area (Å²) in [7, 11) is 1.62. The zero-order chi connectivity index (χ0) is 20.3. The van der Waals surface area contributed by atoms with Crippen molar-refractivity contribution in [1.29, 1.82) is 0 Å². The van der Waals surface area contributed by atoms with Crippen LogP contribution in [0.15, 0.2) is 96.1 Å². The Kier molecular flexibility index (Phi) is 7.18. The Hall–Kier alpha value is -3.86. The van der Waals surface area contributed by atoms with E-state index in [-0.39, 0.29) is 12.5 Å². The highest BCUT2D eigenvalue weighted by molar-refractivity contribution is 6.11. The number of hydrogen-bond acceptors (Lipinski definition) is 4. The number of anilines is 1. The third kappa shape index (κ3) is 6.36. The summed E-state index contributed by atoms with van der Waals surface area (Å²) >= 11 is 0. The van der Waals surface area contributed by atoms with Crippen LogP contribution in [0, 0.1) is 0 Å². The van der Waals surface area contributed by atoms with Crippen LogP contribution >= 0.6 is 0 Å². The Morgan fingerprint density at radius 1 is 0.931 bits per heavy atom. The Morgan fingerprint density at radius 3 is 2.24 bits per heavy atom. The first kappa shape index (κ1) is 19.9. The van der Waals surface area contributed by atoms with Gasteiger partial charge in [0, 0.05) is 11.3 Å². The molecule has 0 unspecified atom stereocenters. The van der Waals surface area contributed by atoms with Crippen LogP contribution in [0.3, 0.4) is 0 Å². The minimum Gasteiger partial charge on any atom is -0.497 e. The fraction of sp³-hybridized carbons (Fsp3) is 0.0833. The standard InChI is InChI=1S/C24H23N3O2/c1-29-22-15-13-21(14-16-22)25-18-24(28)27-26-23(20-10-6-3-7-11-20)17-12-19-8-4-2-5-9-19/h2-17,25H,18H2,1H3,(H,27,28)/b17-12-,26-23-. The smallest absolute Gasteiger partial charge is 0.259 e. The molecule has 5 nitrogen and oxygen atoms in total. The van der Waals surface area contributed by atoms with Crippen LogP contribution in [0.5, 0.6) is 5.75 Å². The number of rotatable bonds is 8. The largest absolute Gasteiger partial charge is 0.497 e. The summed E-state index contributed by atoms with van der Waals surface area (Å²) in [5.74, 6) is 0.532. The number of ether oxygens (including phenoxy) is 1. The molecule has 0 aromatic heterocycles. The van der Waals surface area contributed by atoms with Gasteiger partial charge in [-0.15, -0.1) is 0 Å². The van der Waals surface area contributed by atoms with Crippen molar-refractivity contribution in [1.82, 2.24) is 5.43 Å². The molecule has 0 atom stereocenters. The number of hydrogen-bond donors (Lipinski definition) is 2. The number of nitrogens with zero attached hydrogens (tertiary/aromatic N) is 1. The van der Waals surface area contributed by atoms with E-state index in [4.69, 9.17) is 4.74 Å². The molecule has 0 spiro atoms. The SMILES string of the molecule is COc1ccc(NCC(=O)N/N=C(/C=C\c2ccccc2)c2ccccc2)cc1. The van der Waals surface area contributed by atoms with Crippen LogP contribution in [0.4, 0.5) is 5.69 Å². The molecule has 0 fully saturated rings. The van der Waals surface area contributed by atoms with Crippen molar-refractivity contribution in [2.24, 2.45) is 5.10 Å². The van der Waals surface area contributed by atoms with Gasteiger partial charge in [0.25, 0.3) is 5.91 Å². The van der Waals surface area contributed by atoms with Crippen LogP contribution in [-0.4, -0.2) is 25.3 Å². The van der Waals surface area contributed by atoms with Crippen LogP contribution < -0.4 is 15.5 Å². The predicted molar refractivity (Wildman–Crippen MR) is 118 cm³/mol. The van der Waals surface area contributed by atoms with Crippen molar-refractivity contribution >= 4 is 23.4 Å². The fourth-order valence-electron chi connectivity index (χ4n) is 2.60. The van der Waals surface area contributed by atoms with Gasteiger partial charge in [0.2, 0.25) is 0 Å². The second kappa shape index (κ2) is 10.5. The van der Waals surface area contributed by atoms with Crippen molar-refractivity contribution in [3.05, 3.63) is 102 Å². The molecule has 2 N–H and O–H groups in total. The maximum Gasteiger partial charge on any atom is 0.259 e. The molecule has 3 aromatic carbocycles. The van der Waals surface area contributed by atoms with Crippen molar-refractivity contribution in [2.45, 2.75) is 0 Å². The molecule has 0 aliphatic heterocycles. The molecule has 0 saturated heterocycles. The van der Waals surface area contributed by atoms with Gasteiger partial charge in [-0.1, -0.05) is 66.7 Å². The van der Waals surface area contributed by atoms with Gasteiger partial charge in [-0.2, -0.15) is 5.10 Å². The van der Waals surface area contributed by atoms with Gasteiger partial charge in [-0.05, 0) is 35.9 Å². The normalized spacial score (nSPS) is 11.3. The number of carbonyl (C=O) groups excluding carboxylic acids is 1. The van der Waals surface area contributed by atoms with Crippen LogP contribution in [0.1, 0.15) is 11.1 Å². The molecule has 0 heterocycles. The molecule has 0 aliphatic carbocycles. The van der Waals surface area contributed by atoms with E-state index in [1.165, 1.54) is 0 Å². The van der Waals surface area contributed by atoms with Gasteiger partial charge < -0.3 is 10.1 Å². The highest BCUT2D eigenvalue weighted by atomic mass is 16.5. The molecule has 146 valence electrons. The molecule has 3 rings (SSSR count). The summed E-state index contributed by atoms with van der Waals surface area (Å²) < 4.78 is 5.13. The van der Waals surface area contributed by atoms with Gasteiger partial charge in [0.05, 0.1) is 19.4 Å². The van der Waals surface area contributed by atoms with Gasteiger partial charge in [-0.3, -0.25) is 4.79 Å². The molecular formula is C24H23N3O2. The number of methoxy groups -OCH3 is 1. The predicted octanol–water partition coefficient (Wildman–Crippen LogP) is 4.34. The lowest BCUT2D eigenvalue weighted by molar-refractivity contribution is -0.119. The topological polar surface area (TPSA) is 62.7 Å². The van der Waals surface area contributed by atoms with E-state index >= 15 is 0 Å². The number of benzene rings is 3. The Balaban J connectivity index is 1.65. The van der Waals surface area contributed by atoms with E-state index in [1.807, 2.05) is 97.1 Å². The van der Waals surface area contributed by atoms with Crippen LogP contribution in [0.2, 0.25) is 0 Å². The van der Waals surface area contributed by atoms with Gasteiger partial charge in [0.1, 0.15) is 5.75 Å². The number of hydrazone groups is 1. The van der Waals surface area contributed by atoms with E-state index in [9.17, 15) is 4.79 Å². The quantitative estimate of drug-likeness (QED) is 0.448. The van der Waals surface area contributed by atoms with E-state index in [2.05, 4.69) is 15.8 Å². The molecule has 0 bridgehead atoms. The summed E-state index contributed by atoms with van der Waals surface area (Å²) in [6.45, 7) is 0.111. The highest BCUT2D eigenvalue weighted by Gasteiger charge is 2.03. The van der Waals surface area contributed by atoms with Crippen LogP contribution in [-0.2, 0) is 4.79 Å². The number of allylic oxidation sites excluding steroid dienone is 1. The highest BCUT2D eigenvalue weighted by Crippen LogP contribution is 2.14. The average Bonchev–Trinajstić information content (AvgIpc) is 2.79. The third-order valence-electron chi connectivity index (χ3n) is 4.15. The fourth-order valence-corrected chi connectivity index (χ4v) is 2.60. The number of carbonyl (C=O) groups is 1. The van der Waals surface area contributed by atoms with Gasteiger partial charge in [-0.25, -0.2) is 5.43 Å². The van der Waals surface area contributed by atoms with E-state index in [0.29, 0.717) is 5.71 Å². The second-order valence-electron chi connectivity index (χ2n) is 6.22. The monoisotopic (exact) mass is 385 g/mol. The summed E-state index contributed by atoms with van der Waals surface area (Å²) in [5, 5.41) is 7.38. The summed E-state index contributed by atoms with van der Waals surface area (Å²) in [6.07, 6.45) is 3.86. The van der Waals surface area contributed by atoms with Crippen molar-refractivity contribution < 1.29 is 9.53 Å². The molecule has 5 heteroatoms. The van der Waals surface area contributed by atoms with E-state index in [0.717, 1.165) is 22.6 Å². The Labute approximate surface area is 170 Å². The molecule has 0 saturated carbocycles. The first-order valence-corrected chi connectivity index (χ1v) is 9.27. The lowest BCUT2D eigenvalue weighted by Crippen LogP contribution is -2.26.